The van der Waals surface area contributed by atoms with E-state index in [-0.39, 0.29) is 5.78 Å². The van der Waals surface area contributed by atoms with Crippen molar-refractivity contribution < 1.29 is 9.53 Å². The van der Waals surface area contributed by atoms with Crippen LogP contribution in [0, 0.1) is 0 Å². The van der Waals surface area contributed by atoms with E-state index in [0.717, 1.165) is 17.8 Å². The molecule has 0 radical (unpaired) electrons. The van der Waals surface area contributed by atoms with E-state index in [1.807, 2.05) is 37.3 Å². The number of hydrogen-bond acceptors (Lipinski definition) is 3. The molecule has 98 valence electrons. The van der Waals surface area contributed by atoms with Crippen molar-refractivity contribution in [2.45, 2.75) is 13.3 Å². The van der Waals surface area contributed by atoms with E-state index in [4.69, 9.17) is 4.74 Å². The summed E-state index contributed by atoms with van der Waals surface area (Å²) in [5.74, 6) is 0.164. The molecular formula is C15H21NO2. The lowest BCUT2D eigenvalue weighted by Gasteiger charge is -2.25. The monoisotopic (exact) mass is 247 g/mol. The molecule has 0 heterocycles. The highest BCUT2D eigenvalue weighted by atomic mass is 16.5. The Morgan fingerprint density at radius 3 is 2.78 bits per heavy atom. The van der Waals surface area contributed by atoms with Crippen LogP contribution in [0.25, 0.3) is 0 Å². The van der Waals surface area contributed by atoms with E-state index in [9.17, 15) is 4.79 Å². The number of anilines is 1. The molecule has 0 aliphatic rings. The topological polar surface area (TPSA) is 29.5 Å². The Morgan fingerprint density at radius 2 is 2.17 bits per heavy atom. The molecule has 0 unspecified atom stereocenters. The second kappa shape index (κ2) is 7.67. The maximum atomic E-state index is 11.9. The zero-order valence-corrected chi connectivity index (χ0v) is 11.2. The molecule has 3 heteroatoms. The molecular weight excluding hydrogens is 226 g/mol. The van der Waals surface area contributed by atoms with Crippen molar-refractivity contribution in [1.82, 2.24) is 0 Å². The van der Waals surface area contributed by atoms with Gasteiger partial charge in [0.25, 0.3) is 0 Å². The fraction of sp³-hybridized carbons (Fsp3) is 0.400. The van der Waals surface area contributed by atoms with Crippen molar-refractivity contribution in [1.29, 1.82) is 0 Å². The van der Waals surface area contributed by atoms with Crippen LogP contribution in [0.2, 0.25) is 0 Å². The third-order valence-electron chi connectivity index (χ3n) is 2.78. The molecule has 0 aromatic heterocycles. The summed E-state index contributed by atoms with van der Waals surface area (Å²) in [6, 6.07) is 7.70. The summed E-state index contributed by atoms with van der Waals surface area (Å²) in [6.45, 7) is 7.72. The minimum Gasteiger partial charge on any atom is -0.383 e. The number of ether oxygens (including phenoxy) is 1. The molecule has 0 saturated heterocycles. The van der Waals surface area contributed by atoms with Gasteiger partial charge >= 0.3 is 0 Å². The highest BCUT2D eigenvalue weighted by Gasteiger charge is 2.13. The molecule has 0 spiro atoms. The van der Waals surface area contributed by atoms with E-state index < -0.39 is 0 Å². The summed E-state index contributed by atoms with van der Waals surface area (Å²) in [7, 11) is 1.68. The summed E-state index contributed by atoms with van der Waals surface area (Å²) in [5.41, 5.74) is 1.74. The van der Waals surface area contributed by atoms with Crippen LogP contribution in [0.4, 0.5) is 5.69 Å². The van der Waals surface area contributed by atoms with Gasteiger partial charge in [0.1, 0.15) is 0 Å². The minimum atomic E-state index is 0.164. The summed E-state index contributed by atoms with van der Waals surface area (Å²) in [6.07, 6.45) is 2.35. The van der Waals surface area contributed by atoms with Gasteiger partial charge in [-0.15, -0.1) is 6.58 Å². The third-order valence-corrected chi connectivity index (χ3v) is 2.78. The molecule has 0 saturated carbocycles. The first-order valence-corrected chi connectivity index (χ1v) is 6.21. The Balaban J connectivity index is 3.02. The van der Waals surface area contributed by atoms with E-state index in [0.29, 0.717) is 19.6 Å². The van der Waals surface area contributed by atoms with Crippen molar-refractivity contribution in [3.05, 3.63) is 42.5 Å². The Labute approximate surface area is 109 Å². The minimum absolute atomic E-state index is 0.164. The quantitative estimate of drug-likeness (QED) is 0.522. The summed E-state index contributed by atoms with van der Waals surface area (Å²) < 4.78 is 5.11. The molecule has 0 bridgehead atoms. The van der Waals surface area contributed by atoms with E-state index in [1.54, 1.807) is 7.11 Å². The SMILES string of the molecule is C=CCN(CCOC)c1ccccc1C(=O)CC. The first-order valence-electron chi connectivity index (χ1n) is 6.21. The zero-order chi connectivity index (χ0) is 13.4. The number of Topliss-reactive ketones (excluding diaryl/α,β-unsaturated/α-hetero) is 1. The Kier molecular flexibility index (Phi) is 6.15. The number of benzene rings is 1. The molecule has 3 nitrogen and oxygen atoms in total. The van der Waals surface area contributed by atoms with Crippen LogP contribution >= 0.6 is 0 Å². The molecule has 0 amide bonds. The van der Waals surface area contributed by atoms with Crippen LogP contribution in [-0.4, -0.2) is 32.6 Å². The predicted molar refractivity (Wildman–Crippen MR) is 75.3 cm³/mol. The van der Waals surface area contributed by atoms with Crippen LogP contribution in [-0.2, 0) is 4.74 Å². The molecule has 1 aromatic carbocycles. The number of nitrogens with zero attached hydrogens (tertiary/aromatic N) is 1. The Morgan fingerprint density at radius 1 is 1.44 bits per heavy atom. The Bertz CT molecular complexity index is 401. The lowest BCUT2D eigenvalue weighted by atomic mass is 10.1. The summed E-state index contributed by atoms with van der Waals surface area (Å²) >= 11 is 0. The number of hydrogen-bond donors (Lipinski definition) is 0. The fourth-order valence-corrected chi connectivity index (χ4v) is 1.84. The van der Waals surface area contributed by atoms with Crippen LogP contribution < -0.4 is 4.90 Å². The van der Waals surface area contributed by atoms with Crippen molar-refractivity contribution in [2.75, 3.05) is 31.7 Å². The van der Waals surface area contributed by atoms with Gasteiger partial charge in [-0.2, -0.15) is 0 Å². The normalized spacial score (nSPS) is 10.1. The third kappa shape index (κ3) is 3.70. The standard InChI is InChI=1S/C15H21NO2/c1-4-10-16(11-12-18-3)14-9-7-6-8-13(14)15(17)5-2/h4,6-9H,1,5,10-12H2,2-3H3. The van der Waals surface area contributed by atoms with Crippen molar-refractivity contribution >= 4 is 11.5 Å². The van der Waals surface area contributed by atoms with E-state index in [1.165, 1.54) is 0 Å². The number of carbonyl (C=O) groups is 1. The maximum Gasteiger partial charge on any atom is 0.164 e. The average Bonchev–Trinajstić information content (AvgIpc) is 2.42. The van der Waals surface area contributed by atoms with Gasteiger partial charge in [0.2, 0.25) is 0 Å². The van der Waals surface area contributed by atoms with Gasteiger partial charge in [-0.05, 0) is 12.1 Å². The largest absolute Gasteiger partial charge is 0.383 e. The Hall–Kier alpha value is -1.61. The van der Waals surface area contributed by atoms with Crippen molar-refractivity contribution in [3.8, 4) is 0 Å². The molecule has 18 heavy (non-hydrogen) atoms. The first kappa shape index (κ1) is 14.5. The second-order valence-corrected chi connectivity index (χ2v) is 4.02. The van der Waals surface area contributed by atoms with Crippen LogP contribution in [0.3, 0.4) is 0 Å². The number of carbonyl (C=O) groups excluding carboxylic acids is 1. The predicted octanol–water partition coefficient (Wildman–Crippen LogP) is 2.92. The number of rotatable bonds is 8. The second-order valence-electron chi connectivity index (χ2n) is 4.02. The highest BCUT2D eigenvalue weighted by Crippen LogP contribution is 2.21. The van der Waals surface area contributed by atoms with Crippen LogP contribution in [0.1, 0.15) is 23.7 Å². The molecule has 0 N–H and O–H groups in total. The molecule has 0 atom stereocenters. The van der Waals surface area contributed by atoms with E-state index >= 15 is 0 Å². The van der Waals surface area contributed by atoms with Crippen LogP contribution in [0.5, 0.6) is 0 Å². The van der Waals surface area contributed by atoms with Gasteiger partial charge < -0.3 is 9.64 Å². The van der Waals surface area contributed by atoms with Crippen molar-refractivity contribution in [3.63, 3.8) is 0 Å². The maximum absolute atomic E-state index is 11.9. The zero-order valence-electron chi connectivity index (χ0n) is 11.2. The van der Waals surface area contributed by atoms with Gasteiger partial charge in [-0.1, -0.05) is 25.1 Å². The number of para-hydroxylation sites is 1. The van der Waals surface area contributed by atoms with Gasteiger partial charge in [-0.25, -0.2) is 0 Å². The molecule has 0 fully saturated rings. The molecule has 0 aliphatic carbocycles. The lowest BCUT2D eigenvalue weighted by molar-refractivity contribution is 0.0988. The summed E-state index contributed by atoms with van der Waals surface area (Å²) in [4.78, 5) is 14.0. The van der Waals surface area contributed by atoms with Gasteiger partial charge in [0.05, 0.1) is 6.61 Å². The van der Waals surface area contributed by atoms with Gasteiger partial charge in [0.15, 0.2) is 5.78 Å². The molecule has 1 rings (SSSR count). The number of methoxy groups -OCH3 is 1. The lowest BCUT2D eigenvalue weighted by Crippen LogP contribution is -2.28. The molecule has 0 aliphatic heterocycles. The highest BCUT2D eigenvalue weighted by molar-refractivity contribution is 6.01. The number of ketones is 1. The first-order chi connectivity index (χ1) is 8.74. The van der Waals surface area contributed by atoms with Crippen LogP contribution in [0.15, 0.2) is 36.9 Å². The fourth-order valence-electron chi connectivity index (χ4n) is 1.84. The smallest absolute Gasteiger partial charge is 0.164 e. The average molecular weight is 247 g/mol. The van der Waals surface area contributed by atoms with Gasteiger partial charge in [-0.3, -0.25) is 4.79 Å². The van der Waals surface area contributed by atoms with Gasteiger partial charge in [0, 0.05) is 37.9 Å². The summed E-state index contributed by atoms with van der Waals surface area (Å²) in [5, 5.41) is 0. The molecule has 1 aromatic rings. The van der Waals surface area contributed by atoms with Crippen molar-refractivity contribution in [2.24, 2.45) is 0 Å². The van der Waals surface area contributed by atoms with E-state index in [2.05, 4.69) is 11.5 Å².